The van der Waals surface area contributed by atoms with Crippen molar-refractivity contribution in [3.8, 4) is 11.5 Å². The minimum absolute atomic E-state index is 0.0334. The second kappa shape index (κ2) is 9.16. The predicted octanol–water partition coefficient (Wildman–Crippen LogP) is 5.56. The number of nitrogens with zero attached hydrogens (tertiary/aromatic N) is 2. The number of Topliss-reactive ketones (excluding diaryl/α,β-unsaturated/α-hetero) is 1. The second-order valence-electron chi connectivity index (χ2n) is 8.35. The van der Waals surface area contributed by atoms with E-state index in [2.05, 4.69) is 11.9 Å². The largest absolute Gasteiger partial charge is 0.503 e. The van der Waals surface area contributed by atoms with Gasteiger partial charge in [-0.1, -0.05) is 30.4 Å². The number of carbonyl (C=O) groups excluding carboxylic acids is 2. The zero-order valence-electron chi connectivity index (χ0n) is 20.2. The number of furan rings is 1. The first-order chi connectivity index (χ1) is 17.4. The summed E-state index contributed by atoms with van der Waals surface area (Å²) in [5, 5.41) is 11.4. The number of aliphatic hydroxyl groups excluding tert-OH is 1. The van der Waals surface area contributed by atoms with Gasteiger partial charge in [0.1, 0.15) is 5.76 Å². The second-order valence-corrected chi connectivity index (χ2v) is 9.35. The molecular weight excluding hydrogens is 480 g/mol. The van der Waals surface area contributed by atoms with E-state index in [1.54, 1.807) is 31.2 Å². The van der Waals surface area contributed by atoms with E-state index in [1.165, 1.54) is 36.5 Å². The molecule has 1 unspecified atom stereocenters. The van der Waals surface area contributed by atoms with E-state index in [-0.39, 0.29) is 11.3 Å². The number of aryl methyl sites for hydroxylation is 2. The molecule has 2 aromatic carbocycles. The van der Waals surface area contributed by atoms with Gasteiger partial charge in [0.2, 0.25) is 5.78 Å². The van der Waals surface area contributed by atoms with Gasteiger partial charge in [0, 0.05) is 0 Å². The van der Waals surface area contributed by atoms with E-state index < -0.39 is 23.5 Å². The fourth-order valence-electron chi connectivity index (χ4n) is 4.34. The summed E-state index contributed by atoms with van der Waals surface area (Å²) in [6, 6.07) is 13.3. The first kappa shape index (κ1) is 23.6. The molecule has 0 spiro atoms. The van der Waals surface area contributed by atoms with Crippen LogP contribution >= 0.6 is 11.3 Å². The molecule has 1 aliphatic rings. The molecule has 4 aromatic rings. The van der Waals surface area contributed by atoms with Gasteiger partial charge in [-0.15, -0.1) is 0 Å². The number of aliphatic hydroxyl groups is 1. The summed E-state index contributed by atoms with van der Waals surface area (Å²) in [6.07, 6.45) is 0.865. The van der Waals surface area contributed by atoms with Gasteiger partial charge in [0.05, 0.1) is 36.1 Å². The summed E-state index contributed by atoms with van der Waals surface area (Å²) in [6.45, 7) is 3.78. The van der Waals surface area contributed by atoms with Crippen LogP contribution in [0.5, 0.6) is 11.5 Å². The van der Waals surface area contributed by atoms with Crippen molar-refractivity contribution in [2.45, 2.75) is 26.3 Å². The van der Waals surface area contributed by atoms with Crippen LogP contribution in [0.3, 0.4) is 0 Å². The topological polar surface area (TPSA) is 102 Å². The highest BCUT2D eigenvalue weighted by Gasteiger charge is 2.46. The Morgan fingerprint density at radius 1 is 1.11 bits per heavy atom. The van der Waals surface area contributed by atoms with Crippen molar-refractivity contribution in [1.29, 1.82) is 0 Å². The molecule has 9 heteroatoms. The summed E-state index contributed by atoms with van der Waals surface area (Å²) in [5.41, 5.74) is 2.33. The molecule has 0 aliphatic carbocycles. The van der Waals surface area contributed by atoms with Crippen LogP contribution in [0.1, 0.15) is 40.4 Å². The molecule has 1 atom stereocenters. The number of anilines is 1. The van der Waals surface area contributed by atoms with E-state index in [0.29, 0.717) is 28.0 Å². The number of hydrogen-bond donors (Lipinski definition) is 1. The SMILES string of the molecule is CCc1ccc2nc(N3C(=O)C(O)=C(C(=O)c4ccc(C)o4)C3c3ccc(OC)c(OC)c3)sc2c1. The zero-order valence-corrected chi connectivity index (χ0v) is 21.0. The molecule has 36 heavy (non-hydrogen) atoms. The summed E-state index contributed by atoms with van der Waals surface area (Å²) < 4.78 is 17.3. The lowest BCUT2D eigenvalue weighted by Gasteiger charge is -2.25. The third kappa shape index (κ3) is 3.81. The minimum Gasteiger partial charge on any atom is -0.503 e. The van der Waals surface area contributed by atoms with Gasteiger partial charge in [-0.05, 0) is 60.9 Å². The number of benzene rings is 2. The van der Waals surface area contributed by atoms with Crippen molar-refractivity contribution in [3.63, 3.8) is 0 Å². The average Bonchev–Trinajstić information content (AvgIpc) is 3.58. The average molecular weight is 505 g/mol. The molecule has 3 heterocycles. The zero-order chi connectivity index (χ0) is 25.6. The number of rotatable bonds is 7. The molecule has 0 saturated heterocycles. The summed E-state index contributed by atoms with van der Waals surface area (Å²) >= 11 is 1.33. The predicted molar refractivity (Wildman–Crippen MR) is 136 cm³/mol. The van der Waals surface area contributed by atoms with Crippen LogP contribution in [-0.2, 0) is 11.2 Å². The number of fused-ring (bicyclic) bond motifs is 1. The highest BCUT2D eigenvalue weighted by atomic mass is 32.1. The molecule has 0 bridgehead atoms. The highest BCUT2D eigenvalue weighted by molar-refractivity contribution is 7.22. The van der Waals surface area contributed by atoms with Gasteiger partial charge in [0.25, 0.3) is 5.91 Å². The fourth-order valence-corrected chi connectivity index (χ4v) is 5.40. The lowest BCUT2D eigenvalue weighted by molar-refractivity contribution is -0.117. The Labute approximate surface area is 211 Å². The number of ether oxygens (including phenoxy) is 2. The standard InChI is InChI=1S/C27H24N2O6S/c1-5-15-7-9-17-21(12-15)36-27(28-17)29-23(16-8-11-18(33-3)20(13-16)34-4)22(25(31)26(29)32)24(30)19-10-6-14(2)35-19/h6-13,23,31H,5H2,1-4H3. The van der Waals surface area contributed by atoms with Gasteiger partial charge in [-0.25, -0.2) is 4.98 Å². The lowest BCUT2D eigenvalue weighted by Crippen LogP contribution is -2.31. The van der Waals surface area contributed by atoms with Gasteiger partial charge < -0.3 is 19.0 Å². The quantitative estimate of drug-likeness (QED) is 0.329. The van der Waals surface area contributed by atoms with Crippen molar-refractivity contribution in [2.75, 3.05) is 19.1 Å². The van der Waals surface area contributed by atoms with Crippen LogP contribution in [0.2, 0.25) is 0 Å². The molecule has 0 saturated carbocycles. The molecule has 0 fully saturated rings. The van der Waals surface area contributed by atoms with Gasteiger partial charge in [-0.3, -0.25) is 14.5 Å². The minimum atomic E-state index is -0.957. The Balaban J connectivity index is 1.69. The summed E-state index contributed by atoms with van der Waals surface area (Å²) in [4.78, 5) is 33.0. The third-order valence-electron chi connectivity index (χ3n) is 6.20. The molecule has 5 rings (SSSR count). The highest BCUT2D eigenvalue weighted by Crippen LogP contribution is 2.45. The number of ketones is 1. The van der Waals surface area contributed by atoms with Crippen LogP contribution in [-0.4, -0.2) is 36.0 Å². The number of carbonyl (C=O) groups is 2. The van der Waals surface area contributed by atoms with Crippen molar-refractivity contribution in [2.24, 2.45) is 0 Å². The number of methoxy groups -OCH3 is 2. The molecule has 1 amide bonds. The smallest absolute Gasteiger partial charge is 0.296 e. The molecule has 0 radical (unpaired) electrons. The Morgan fingerprint density at radius 3 is 2.56 bits per heavy atom. The molecule has 2 aromatic heterocycles. The maximum atomic E-state index is 13.5. The summed E-state index contributed by atoms with van der Waals surface area (Å²) in [5.74, 6) is -0.436. The normalized spacial score (nSPS) is 15.7. The van der Waals surface area contributed by atoms with E-state index >= 15 is 0 Å². The van der Waals surface area contributed by atoms with Crippen LogP contribution in [0.4, 0.5) is 5.13 Å². The van der Waals surface area contributed by atoms with Gasteiger partial charge in [-0.2, -0.15) is 0 Å². The van der Waals surface area contributed by atoms with E-state index in [0.717, 1.165) is 22.2 Å². The molecule has 1 N–H and O–H groups in total. The maximum Gasteiger partial charge on any atom is 0.296 e. The van der Waals surface area contributed by atoms with Crippen molar-refractivity contribution >= 4 is 38.4 Å². The number of aromatic nitrogens is 1. The number of thiazole rings is 1. The van der Waals surface area contributed by atoms with E-state index in [1.807, 2.05) is 18.2 Å². The number of hydrogen-bond acceptors (Lipinski definition) is 8. The van der Waals surface area contributed by atoms with Crippen molar-refractivity contribution < 1.29 is 28.6 Å². The maximum absolute atomic E-state index is 13.5. The molecule has 8 nitrogen and oxygen atoms in total. The van der Waals surface area contributed by atoms with Crippen molar-refractivity contribution in [1.82, 2.24) is 4.98 Å². The first-order valence-corrected chi connectivity index (χ1v) is 12.2. The van der Waals surface area contributed by atoms with E-state index in [4.69, 9.17) is 13.9 Å². The van der Waals surface area contributed by atoms with E-state index in [9.17, 15) is 14.7 Å². The molecule has 184 valence electrons. The molecular formula is C27H24N2O6S. The third-order valence-corrected chi connectivity index (χ3v) is 7.21. The van der Waals surface area contributed by atoms with Crippen molar-refractivity contribution in [3.05, 3.63) is 82.5 Å². The Hall–Kier alpha value is -4.11. The Kier molecular flexibility index (Phi) is 6.01. The van der Waals surface area contributed by atoms with Crippen LogP contribution in [0.15, 0.2) is 64.3 Å². The Bertz CT molecular complexity index is 1530. The fraction of sp³-hybridized carbons (Fsp3) is 0.222. The Morgan fingerprint density at radius 2 is 1.89 bits per heavy atom. The van der Waals surface area contributed by atoms with Crippen LogP contribution in [0, 0.1) is 6.92 Å². The first-order valence-electron chi connectivity index (χ1n) is 11.4. The van der Waals surface area contributed by atoms with Gasteiger partial charge >= 0.3 is 0 Å². The monoisotopic (exact) mass is 504 g/mol. The lowest BCUT2D eigenvalue weighted by atomic mass is 9.95. The summed E-state index contributed by atoms with van der Waals surface area (Å²) in [7, 11) is 3.03. The van der Waals surface area contributed by atoms with Crippen LogP contribution < -0.4 is 14.4 Å². The van der Waals surface area contributed by atoms with Crippen LogP contribution in [0.25, 0.3) is 10.2 Å². The molecule has 1 aliphatic heterocycles. The van der Waals surface area contributed by atoms with Gasteiger partial charge in [0.15, 0.2) is 28.1 Å². The number of amides is 1.